The van der Waals surface area contributed by atoms with Crippen LogP contribution in [0.3, 0.4) is 0 Å². The number of benzene rings is 1. The predicted molar refractivity (Wildman–Crippen MR) is 67.5 cm³/mol. The van der Waals surface area contributed by atoms with Crippen LogP contribution in [0.5, 0.6) is 0 Å². The van der Waals surface area contributed by atoms with Crippen molar-refractivity contribution in [2.45, 2.75) is 19.4 Å². The molecule has 1 atom stereocenters. The molecule has 1 aromatic heterocycles. The van der Waals surface area contributed by atoms with E-state index in [2.05, 4.69) is 10.3 Å². The summed E-state index contributed by atoms with van der Waals surface area (Å²) >= 11 is 0. The van der Waals surface area contributed by atoms with E-state index >= 15 is 0 Å². The number of rotatable bonds is 4. The lowest BCUT2D eigenvalue weighted by atomic mass is 10.1. The van der Waals surface area contributed by atoms with Gasteiger partial charge in [-0.05, 0) is 12.5 Å². The fraction of sp³-hybridized carbons (Fsp3) is 0.231. The van der Waals surface area contributed by atoms with Crippen molar-refractivity contribution < 1.29 is 14.7 Å². The van der Waals surface area contributed by atoms with Gasteiger partial charge >= 0.3 is 5.97 Å². The number of carbonyl (C=O) groups is 2. The van der Waals surface area contributed by atoms with Crippen molar-refractivity contribution >= 4 is 22.8 Å². The number of nitrogens with one attached hydrogen (secondary N) is 2. The van der Waals surface area contributed by atoms with Gasteiger partial charge in [-0.15, -0.1) is 0 Å². The summed E-state index contributed by atoms with van der Waals surface area (Å²) in [5, 5.41) is 12.2. The number of carboxylic acids is 1. The monoisotopic (exact) mass is 246 g/mol. The molecule has 0 aliphatic carbocycles. The number of carbonyl (C=O) groups excluding carboxylic acids is 1. The lowest BCUT2D eigenvalue weighted by molar-refractivity contribution is -0.139. The smallest absolute Gasteiger partial charge is 0.326 e. The van der Waals surface area contributed by atoms with Crippen molar-refractivity contribution in [2.75, 3.05) is 0 Å². The normalized spacial score (nSPS) is 12.3. The van der Waals surface area contributed by atoms with Crippen molar-refractivity contribution in [3.05, 3.63) is 36.0 Å². The maximum atomic E-state index is 12.0. The number of hydrogen-bond donors (Lipinski definition) is 3. The predicted octanol–water partition coefficient (Wildman–Crippen LogP) is 1.76. The number of aromatic amines is 1. The summed E-state index contributed by atoms with van der Waals surface area (Å²) in [6.45, 7) is 1.72. The molecule has 0 aliphatic heterocycles. The minimum atomic E-state index is -1.02. The van der Waals surface area contributed by atoms with Gasteiger partial charge in [0.05, 0.1) is 5.56 Å². The molecular weight excluding hydrogens is 232 g/mol. The molecule has 0 radical (unpaired) electrons. The van der Waals surface area contributed by atoms with Crippen molar-refractivity contribution in [1.82, 2.24) is 10.3 Å². The Kier molecular flexibility index (Phi) is 3.32. The van der Waals surface area contributed by atoms with Gasteiger partial charge in [0.2, 0.25) is 0 Å². The zero-order valence-corrected chi connectivity index (χ0v) is 9.93. The average molecular weight is 246 g/mol. The first-order chi connectivity index (χ1) is 8.63. The van der Waals surface area contributed by atoms with Gasteiger partial charge in [0, 0.05) is 17.1 Å². The maximum Gasteiger partial charge on any atom is 0.326 e. The Morgan fingerprint density at radius 1 is 1.39 bits per heavy atom. The minimum absolute atomic E-state index is 0.351. The zero-order valence-electron chi connectivity index (χ0n) is 9.93. The highest BCUT2D eigenvalue weighted by molar-refractivity contribution is 6.07. The lowest BCUT2D eigenvalue weighted by Crippen LogP contribution is -2.40. The molecule has 18 heavy (non-hydrogen) atoms. The number of aromatic nitrogens is 1. The summed E-state index contributed by atoms with van der Waals surface area (Å²) < 4.78 is 0. The number of para-hydroxylation sites is 1. The maximum absolute atomic E-state index is 12.0. The van der Waals surface area contributed by atoms with Crippen molar-refractivity contribution in [2.24, 2.45) is 0 Å². The third-order valence-electron chi connectivity index (χ3n) is 2.85. The van der Waals surface area contributed by atoms with Crippen molar-refractivity contribution in [1.29, 1.82) is 0 Å². The fourth-order valence-electron chi connectivity index (χ4n) is 1.83. The van der Waals surface area contributed by atoms with Gasteiger partial charge in [-0.25, -0.2) is 4.79 Å². The van der Waals surface area contributed by atoms with Crippen LogP contribution in [0, 0.1) is 0 Å². The second kappa shape index (κ2) is 4.91. The van der Waals surface area contributed by atoms with E-state index in [0.717, 1.165) is 10.9 Å². The van der Waals surface area contributed by atoms with Gasteiger partial charge in [-0.1, -0.05) is 25.1 Å². The highest BCUT2D eigenvalue weighted by Crippen LogP contribution is 2.17. The van der Waals surface area contributed by atoms with Crippen LogP contribution in [0.25, 0.3) is 10.9 Å². The fourth-order valence-corrected chi connectivity index (χ4v) is 1.83. The highest BCUT2D eigenvalue weighted by Gasteiger charge is 2.20. The topological polar surface area (TPSA) is 82.2 Å². The quantitative estimate of drug-likeness (QED) is 0.768. The summed E-state index contributed by atoms with van der Waals surface area (Å²) in [6.07, 6.45) is 1.94. The first kappa shape index (κ1) is 12.2. The summed E-state index contributed by atoms with van der Waals surface area (Å²) in [7, 11) is 0. The average Bonchev–Trinajstić information content (AvgIpc) is 2.79. The molecule has 0 bridgehead atoms. The molecule has 5 nitrogen and oxygen atoms in total. The van der Waals surface area contributed by atoms with Crippen LogP contribution < -0.4 is 5.32 Å². The second-order valence-electron chi connectivity index (χ2n) is 4.02. The van der Waals surface area contributed by atoms with E-state index in [-0.39, 0.29) is 5.91 Å². The molecule has 1 heterocycles. The molecular formula is C13H14N2O3. The first-order valence-corrected chi connectivity index (χ1v) is 5.73. The number of fused-ring (bicyclic) bond motifs is 1. The van der Waals surface area contributed by atoms with Crippen LogP contribution in [-0.2, 0) is 4.79 Å². The molecule has 3 N–H and O–H groups in total. The van der Waals surface area contributed by atoms with Gasteiger partial charge in [-0.2, -0.15) is 0 Å². The molecule has 1 amide bonds. The molecule has 0 saturated heterocycles. The molecule has 94 valence electrons. The summed E-state index contributed by atoms with van der Waals surface area (Å²) in [5.74, 6) is -1.40. The zero-order chi connectivity index (χ0) is 13.1. The number of carboxylic acid groups (broad SMARTS) is 1. The van der Waals surface area contributed by atoms with Crippen LogP contribution in [0.4, 0.5) is 0 Å². The molecule has 1 aromatic carbocycles. The van der Waals surface area contributed by atoms with Gasteiger partial charge in [0.15, 0.2) is 0 Å². The van der Waals surface area contributed by atoms with Gasteiger partial charge in [0.1, 0.15) is 6.04 Å². The Morgan fingerprint density at radius 2 is 2.11 bits per heavy atom. The summed E-state index contributed by atoms with van der Waals surface area (Å²) in [4.78, 5) is 25.9. The third-order valence-corrected chi connectivity index (χ3v) is 2.85. The molecule has 0 saturated carbocycles. The summed E-state index contributed by atoms with van der Waals surface area (Å²) in [6, 6.07) is 6.53. The van der Waals surface area contributed by atoms with Crippen LogP contribution in [-0.4, -0.2) is 28.0 Å². The number of H-pyrrole nitrogens is 1. The Hall–Kier alpha value is -2.30. The largest absolute Gasteiger partial charge is 0.480 e. The molecule has 0 aliphatic rings. The van der Waals surface area contributed by atoms with Gasteiger partial charge < -0.3 is 15.4 Å². The number of hydrogen-bond acceptors (Lipinski definition) is 2. The molecule has 5 heteroatoms. The Bertz CT molecular complexity index is 589. The van der Waals surface area contributed by atoms with Gasteiger partial charge in [-0.3, -0.25) is 4.79 Å². The van der Waals surface area contributed by atoms with Crippen LogP contribution in [0.2, 0.25) is 0 Å². The van der Waals surface area contributed by atoms with Crippen molar-refractivity contribution in [3.8, 4) is 0 Å². The van der Waals surface area contributed by atoms with Gasteiger partial charge in [0.25, 0.3) is 5.91 Å². The van der Waals surface area contributed by atoms with E-state index in [1.165, 1.54) is 0 Å². The molecule has 1 unspecified atom stereocenters. The standard InChI is InChI=1S/C13H14N2O3/c1-2-10(13(17)18)15-12(16)9-7-14-11-6-4-3-5-8(9)11/h3-7,10,14H,2H2,1H3,(H,15,16)(H,17,18). The number of aliphatic carboxylic acids is 1. The lowest BCUT2D eigenvalue weighted by Gasteiger charge is -2.11. The Labute approximate surface area is 104 Å². The van der Waals surface area contributed by atoms with E-state index < -0.39 is 12.0 Å². The van der Waals surface area contributed by atoms with E-state index in [1.54, 1.807) is 13.1 Å². The molecule has 2 rings (SSSR count). The van der Waals surface area contributed by atoms with Crippen LogP contribution >= 0.6 is 0 Å². The Balaban J connectivity index is 2.26. The SMILES string of the molecule is CCC(NC(=O)c1c[nH]c2ccccc12)C(=O)O. The van der Waals surface area contributed by atoms with E-state index in [4.69, 9.17) is 5.11 Å². The van der Waals surface area contributed by atoms with E-state index in [1.807, 2.05) is 24.3 Å². The second-order valence-corrected chi connectivity index (χ2v) is 4.02. The molecule has 0 spiro atoms. The minimum Gasteiger partial charge on any atom is -0.480 e. The molecule has 0 fully saturated rings. The summed E-state index contributed by atoms with van der Waals surface area (Å²) in [5.41, 5.74) is 1.32. The highest BCUT2D eigenvalue weighted by atomic mass is 16.4. The Morgan fingerprint density at radius 3 is 2.78 bits per heavy atom. The molecule has 2 aromatic rings. The van der Waals surface area contributed by atoms with E-state index in [9.17, 15) is 9.59 Å². The van der Waals surface area contributed by atoms with Crippen LogP contribution in [0.15, 0.2) is 30.5 Å². The number of amides is 1. The first-order valence-electron chi connectivity index (χ1n) is 5.73. The van der Waals surface area contributed by atoms with Crippen molar-refractivity contribution in [3.63, 3.8) is 0 Å². The van der Waals surface area contributed by atoms with E-state index in [0.29, 0.717) is 12.0 Å². The third kappa shape index (κ3) is 2.20. The van der Waals surface area contributed by atoms with Crippen LogP contribution in [0.1, 0.15) is 23.7 Å².